The minimum absolute atomic E-state index is 0.0802. The maximum Gasteiger partial charge on any atom is 0.254 e. The third-order valence-corrected chi connectivity index (χ3v) is 4.78. The number of carbonyl (C=O) groups excluding carboxylic acids is 1. The van der Waals surface area contributed by atoms with E-state index in [1.165, 1.54) is 11.8 Å². The molecular formula is C16H18N4O2S. The molecule has 1 aliphatic heterocycles. The van der Waals surface area contributed by atoms with Crippen molar-refractivity contribution in [2.24, 2.45) is 0 Å². The average molecular weight is 330 g/mol. The number of nitrogens with one attached hydrogen (secondary N) is 1. The summed E-state index contributed by atoms with van der Waals surface area (Å²) in [4.78, 5) is 33.2. The van der Waals surface area contributed by atoms with Gasteiger partial charge in [0.1, 0.15) is 5.82 Å². The van der Waals surface area contributed by atoms with Crippen LogP contribution in [-0.4, -0.2) is 26.2 Å². The monoisotopic (exact) mass is 330 g/mol. The van der Waals surface area contributed by atoms with E-state index in [0.717, 1.165) is 17.8 Å². The first-order valence-electron chi connectivity index (χ1n) is 7.55. The van der Waals surface area contributed by atoms with Crippen LogP contribution in [-0.2, 0) is 11.2 Å². The molecule has 2 aromatic rings. The van der Waals surface area contributed by atoms with Crippen molar-refractivity contribution in [3.8, 4) is 0 Å². The van der Waals surface area contributed by atoms with Crippen LogP contribution >= 0.6 is 11.8 Å². The maximum absolute atomic E-state index is 12.3. The molecule has 1 amide bonds. The Hall–Kier alpha value is -2.15. The molecule has 1 atom stereocenters. The van der Waals surface area contributed by atoms with Gasteiger partial charge in [0.15, 0.2) is 5.16 Å². The van der Waals surface area contributed by atoms with Gasteiger partial charge in [0.25, 0.3) is 5.56 Å². The smallest absolute Gasteiger partial charge is 0.254 e. The summed E-state index contributed by atoms with van der Waals surface area (Å²) in [6.45, 7) is 3.84. The lowest BCUT2D eigenvalue weighted by molar-refractivity contribution is -0.116. The van der Waals surface area contributed by atoms with E-state index in [1.807, 2.05) is 26.0 Å². The van der Waals surface area contributed by atoms with E-state index in [-0.39, 0.29) is 23.9 Å². The Balaban J connectivity index is 1.73. The van der Waals surface area contributed by atoms with Crippen molar-refractivity contribution < 1.29 is 4.79 Å². The summed E-state index contributed by atoms with van der Waals surface area (Å²) in [6, 6.07) is 6.87. The summed E-state index contributed by atoms with van der Waals surface area (Å²) in [5, 5.41) is 3.50. The van der Waals surface area contributed by atoms with Gasteiger partial charge in [0.2, 0.25) is 5.91 Å². The molecule has 0 aliphatic carbocycles. The van der Waals surface area contributed by atoms with Gasteiger partial charge in [-0.2, -0.15) is 0 Å². The summed E-state index contributed by atoms with van der Waals surface area (Å²) < 4.78 is 1.63. The Kier molecular flexibility index (Phi) is 4.47. The first-order valence-corrected chi connectivity index (χ1v) is 8.54. The van der Waals surface area contributed by atoms with E-state index in [2.05, 4.69) is 15.3 Å². The van der Waals surface area contributed by atoms with Gasteiger partial charge in [-0.15, -0.1) is 0 Å². The fourth-order valence-corrected chi connectivity index (χ4v) is 3.72. The number of aromatic nitrogens is 3. The molecule has 1 N–H and O–H groups in total. The minimum Gasteiger partial charge on any atom is -0.311 e. The van der Waals surface area contributed by atoms with Crippen LogP contribution in [0.15, 0.2) is 34.2 Å². The maximum atomic E-state index is 12.3. The largest absolute Gasteiger partial charge is 0.311 e. The fourth-order valence-electron chi connectivity index (χ4n) is 2.55. The lowest BCUT2D eigenvalue weighted by atomic mass is 10.2. The van der Waals surface area contributed by atoms with Crippen molar-refractivity contribution in [3.05, 3.63) is 46.0 Å². The normalized spacial score (nSPS) is 16.2. The van der Waals surface area contributed by atoms with E-state index in [1.54, 1.807) is 16.7 Å². The fraction of sp³-hybridized carbons (Fsp3) is 0.375. The summed E-state index contributed by atoms with van der Waals surface area (Å²) in [5.41, 5.74) is 1.56. The zero-order valence-electron chi connectivity index (χ0n) is 13.1. The van der Waals surface area contributed by atoms with Gasteiger partial charge in [0.05, 0.1) is 6.04 Å². The summed E-state index contributed by atoms with van der Waals surface area (Å²) in [5.74, 6) is 1.07. The number of thioether (sulfide) groups is 1. The Morgan fingerprint density at radius 3 is 3.00 bits per heavy atom. The van der Waals surface area contributed by atoms with Gasteiger partial charge in [-0.3, -0.25) is 14.2 Å². The average Bonchev–Trinajstić information content (AvgIpc) is 2.90. The summed E-state index contributed by atoms with van der Waals surface area (Å²) in [7, 11) is 0. The standard InChI is InChI=1S/C16H18N4O2S/c1-3-11-7-15(22)20-12(9-23-16(20)18-11)8-14(21)19-13-6-4-5-10(2)17-13/h4-7,12H,3,8-9H2,1-2H3,(H,17,19,21). The number of pyridine rings is 1. The lowest BCUT2D eigenvalue weighted by Crippen LogP contribution is -2.27. The van der Waals surface area contributed by atoms with Crippen LogP contribution in [0.5, 0.6) is 0 Å². The first kappa shape index (κ1) is 15.7. The number of carbonyl (C=O) groups is 1. The van der Waals surface area contributed by atoms with Crippen LogP contribution in [0.4, 0.5) is 5.82 Å². The zero-order chi connectivity index (χ0) is 16.4. The number of amides is 1. The van der Waals surface area contributed by atoms with E-state index in [9.17, 15) is 9.59 Å². The second-order valence-corrected chi connectivity index (χ2v) is 6.46. The van der Waals surface area contributed by atoms with Crippen LogP contribution in [0.1, 0.15) is 30.8 Å². The van der Waals surface area contributed by atoms with Crippen LogP contribution in [0.2, 0.25) is 0 Å². The second kappa shape index (κ2) is 6.54. The number of nitrogens with zero attached hydrogens (tertiary/aromatic N) is 3. The number of aryl methyl sites for hydroxylation is 2. The highest BCUT2D eigenvalue weighted by molar-refractivity contribution is 7.99. The topological polar surface area (TPSA) is 76.9 Å². The van der Waals surface area contributed by atoms with Crippen LogP contribution in [0.25, 0.3) is 0 Å². The second-order valence-electron chi connectivity index (χ2n) is 5.47. The molecule has 0 radical (unpaired) electrons. The predicted molar refractivity (Wildman–Crippen MR) is 89.9 cm³/mol. The predicted octanol–water partition coefficient (Wildman–Crippen LogP) is 2.18. The van der Waals surface area contributed by atoms with Crippen LogP contribution in [0.3, 0.4) is 0 Å². The molecule has 0 bridgehead atoms. The minimum atomic E-state index is -0.161. The Morgan fingerprint density at radius 2 is 2.26 bits per heavy atom. The van der Waals surface area contributed by atoms with Crippen molar-refractivity contribution >= 4 is 23.5 Å². The quantitative estimate of drug-likeness (QED) is 0.870. The molecule has 23 heavy (non-hydrogen) atoms. The highest BCUT2D eigenvalue weighted by atomic mass is 32.2. The number of hydrogen-bond acceptors (Lipinski definition) is 5. The SMILES string of the molecule is CCc1cc(=O)n2c(n1)SCC2CC(=O)Nc1cccc(C)n1. The molecule has 6 nitrogen and oxygen atoms in total. The molecule has 7 heteroatoms. The number of hydrogen-bond donors (Lipinski definition) is 1. The molecule has 3 rings (SSSR count). The van der Waals surface area contributed by atoms with Crippen molar-refractivity contribution in [2.45, 2.75) is 37.9 Å². The van der Waals surface area contributed by atoms with Gasteiger partial charge in [-0.05, 0) is 25.5 Å². The van der Waals surface area contributed by atoms with E-state index < -0.39 is 0 Å². The molecule has 1 unspecified atom stereocenters. The highest BCUT2D eigenvalue weighted by Gasteiger charge is 2.27. The van der Waals surface area contributed by atoms with Crippen molar-refractivity contribution in [1.82, 2.24) is 14.5 Å². The Labute approximate surface area is 138 Å². The van der Waals surface area contributed by atoms with E-state index in [0.29, 0.717) is 16.7 Å². The molecule has 120 valence electrons. The highest BCUT2D eigenvalue weighted by Crippen LogP contribution is 2.32. The van der Waals surface area contributed by atoms with Crippen molar-refractivity contribution in [3.63, 3.8) is 0 Å². The van der Waals surface area contributed by atoms with Gasteiger partial charge >= 0.3 is 0 Å². The molecule has 3 heterocycles. The third-order valence-electron chi connectivity index (χ3n) is 3.68. The zero-order valence-corrected chi connectivity index (χ0v) is 13.9. The van der Waals surface area contributed by atoms with E-state index in [4.69, 9.17) is 0 Å². The molecule has 0 spiro atoms. The van der Waals surface area contributed by atoms with Gasteiger partial charge in [-0.1, -0.05) is 24.8 Å². The molecular weight excluding hydrogens is 312 g/mol. The van der Waals surface area contributed by atoms with Crippen LogP contribution < -0.4 is 10.9 Å². The number of anilines is 1. The summed E-state index contributed by atoms with van der Waals surface area (Å²) >= 11 is 1.53. The van der Waals surface area contributed by atoms with Gasteiger partial charge < -0.3 is 5.32 Å². The van der Waals surface area contributed by atoms with Crippen molar-refractivity contribution in [2.75, 3.05) is 11.1 Å². The first-order chi connectivity index (χ1) is 11.1. The Bertz CT molecular complexity index is 803. The third kappa shape index (κ3) is 3.44. The molecule has 0 saturated heterocycles. The Morgan fingerprint density at radius 1 is 1.43 bits per heavy atom. The van der Waals surface area contributed by atoms with Crippen LogP contribution in [0, 0.1) is 6.92 Å². The van der Waals surface area contributed by atoms with Gasteiger partial charge in [0, 0.05) is 29.6 Å². The molecule has 0 fully saturated rings. The van der Waals surface area contributed by atoms with Gasteiger partial charge in [-0.25, -0.2) is 9.97 Å². The molecule has 2 aromatic heterocycles. The molecule has 0 aromatic carbocycles. The number of rotatable bonds is 4. The molecule has 0 saturated carbocycles. The van der Waals surface area contributed by atoms with Crippen molar-refractivity contribution in [1.29, 1.82) is 0 Å². The lowest BCUT2D eigenvalue weighted by Gasteiger charge is -2.13. The number of fused-ring (bicyclic) bond motifs is 1. The summed E-state index contributed by atoms with van der Waals surface area (Å²) in [6.07, 6.45) is 0.969. The van der Waals surface area contributed by atoms with E-state index >= 15 is 0 Å². The molecule has 1 aliphatic rings.